The maximum atomic E-state index is 11.3. The first kappa shape index (κ1) is 19.4. The molecule has 2 N–H and O–H groups in total. The lowest BCUT2D eigenvalue weighted by molar-refractivity contribution is 0.0697. The summed E-state index contributed by atoms with van der Waals surface area (Å²) in [6.45, 7) is 1.22. The van der Waals surface area contributed by atoms with Crippen LogP contribution in [0.3, 0.4) is 0 Å². The average molecular weight is 425 g/mol. The first-order valence-electron chi connectivity index (χ1n) is 9.10. The lowest BCUT2D eigenvalue weighted by Gasteiger charge is -2.08. The molecule has 146 valence electrons. The zero-order chi connectivity index (χ0) is 20.4. The van der Waals surface area contributed by atoms with Crippen molar-refractivity contribution >= 4 is 45.8 Å². The van der Waals surface area contributed by atoms with Crippen molar-refractivity contribution in [3.63, 3.8) is 0 Å². The van der Waals surface area contributed by atoms with Crippen molar-refractivity contribution in [3.8, 4) is 0 Å². The molecule has 0 amide bonds. The Morgan fingerprint density at radius 1 is 0.931 bits per heavy atom. The Labute approximate surface area is 178 Å². The Bertz CT molecular complexity index is 1200. The van der Waals surface area contributed by atoms with E-state index in [1.54, 1.807) is 18.2 Å². The van der Waals surface area contributed by atoms with Gasteiger partial charge in [0.15, 0.2) is 0 Å². The summed E-state index contributed by atoms with van der Waals surface area (Å²) in [6.07, 6.45) is 2.11. The van der Waals surface area contributed by atoms with Crippen LogP contribution in [0.15, 0.2) is 72.9 Å². The van der Waals surface area contributed by atoms with E-state index in [-0.39, 0.29) is 10.6 Å². The molecule has 0 aliphatic heterocycles. The molecule has 0 aliphatic rings. The van der Waals surface area contributed by atoms with Crippen LogP contribution in [0.4, 0.5) is 5.69 Å². The van der Waals surface area contributed by atoms with Crippen LogP contribution in [0, 0.1) is 0 Å². The lowest BCUT2D eigenvalue weighted by Crippen LogP contribution is -2.03. The standard InChI is InChI=1S/C23H18Cl2N2O2/c24-20-7-3-1-5-15(20)13-27-14-16(18-6-2-4-8-22(18)27)12-26-17-9-10-21(25)19(11-17)23(28)29/h1-11,14,26H,12-13H2,(H,28,29). The molecule has 1 aromatic heterocycles. The minimum Gasteiger partial charge on any atom is -0.478 e. The van der Waals surface area contributed by atoms with E-state index < -0.39 is 5.97 Å². The molecule has 0 spiro atoms. The predicted octanol–water partition coefficient (Wildman–Crippen LogP) is 6.31. The smallest absolute Gasteiger partial charge is 0.337 e. The summed E-state index contributed by atoms with van der Waals surface area (Å²) in [7, 11) is 0. The normalized spacial score (nSPS) is 11.0. The number of aromatic carboxylic acids is 1. The van der Waals surface area contributed by atoms with Gasteiger partial charge in [-0.15, -0.1) is 0 Å². The first-order chi connectivity index (χ1) is 14.0. The van der Waals surface area contributed by atoms with Crippen LogP contribution in [-0.4, -0.2) is 15.6 Å². The largest absolute Gasteiger partial charge is 0.478 e. The third-order valence-corrected chi connectivity index (χ3v) is 5.55. The number of hydrogen-bond donors (Lipinski definition) is 2. The Morgan fingerprint density at radius 2 is 1.69 bits per heavy atom. The Balaban J connectivity index is 1.62. The number of carbonyl (C=O) groups is 1. The molecule has 4 nitrogen and oxygen atoms in total. The van der Waals surface area contributed by atoms with Crippen molar-refractivity contribution < 1.29 is 9.90 Å². The van der Waals surface area contributed by atoms with Gasteiger partial charge in [0.1, 0.15) is 0 Å². The van der Waals surface area contributed by atoms with Crippen molar-refractivity contribution in [3.05, 3.63) is 99.7 Å². The molecule has 0 unspecified atom stereocenters. The molecule has 0 atom stereocenters. The molecule has 0 saturated heterocycles. The number of aromatic nitrogens is 1. The van der Waals surface area contributed by atoms with Gasteiger partial charge in [0.25, 0.3) is 0 Å². The van der Waals surface area contributed by atoms with Gasteiger partial charge in [0.2, 0.25) is 0 Å². The second-order valence-electron chi connectivity index (χ2n) is 6.74. The van der Waals surface area contributed by atoms with E-state index in [2.05, 4.69) is 28.2 Å². The molecule has 1 heterocycles. The van der Waals surface area contributed by atoms with E-state index in [0.717, 1.165) is 27.1 Å². The Hall–Kier alpha value is -2.95. The number of hydrogen-bond acceptors (Lipinski definition) is 2. The third kappa shape index (κ3) is 4.09. The second kappa shape index (κ2) is 8.19. The summed E-state index contributed by atoms with van der Waals surface area (Å²) in [5, 5.41) is 14.7. The van der Waals surface area contributed by atoms with Gasteiger partial charge in [0.05, 0.1) is 10.6 Å². The van der Waals surface area contributed by atoms with E-state index in [4.69, 9.17) is 23.2 Å². The van der Waals surface area contributed by atoms with Crippen LogP contribution in [0.2, 0.25) is 10.0 Å². The van der Waals surface area contributed by atoms with Crippen LogP contribution in [0.5, 0.6) is 0 Å². The molecule has 0 bridgehead atoms. The first-order valence-corrected chi connectivity index (χ1v) is 9.85. The summed E-state index contributed by atoms with van der Waals surface area (Å²) >= 11 is 12.3. The number of para-hydroxylation sites is 1. The van der Waals surface area contributed by atoms with Crippen LogP contribution in [-0.2, 0) is 13.1 Å². The molecular formula is C23H18Cl2N2O2. The topological polar surface area (TPSA) is 54.3 Å². The highest BCUT2D eigenvalue weighted by atomic mass is 35.5. The minimum absolute atomic E-state index is 0.0813. The van der Waals surface area contributed by atoms with Crippen molar-refractivity contribution in [1.82, 2.24) is 4.57 Å². The summed E-state index contributed by atoms with van der Waals surface area (Å²) in [6, 6.07) is 20.9. The molecule has 3 aromatic carbocycles. The van der Waals surface area contributed by atoms with Gasteiger partial charge < -0.3 is 15.0 Å². The zero-order valence-corrected chi connectivity index (χ0v) is 16.9. The van der Waals surface area contributed by atoms with Gasteiger partial charge in [-0.3, -0.25) is 0 Å². The fourth-order valence-electron chi connectivity index (χ4n) is 3.40. The lowest BCUT2D eigenvalue weighted by atomic mass is 10.1. The van der Waals surface area contributed by atoms with Gasteiger partial charge in [-0.2, -0.15) is 0 Å². The molecule has 4 rings (SSSR count). The van der Waals surface area contributed by atoms with E-state index in [1.807, 2.05) is 36.4 Å². The number of nitrogens with one attached hydrogen (secondary N) is 1. The molecule has 0 saturated carbocycles. The van der Waals surface area contributed by atoms with Crippen LogP contribution in [0.25, 0.3) is 10.9 Å². The fourth-order valence-corrected chi connectivity index (χ4v) is 3.79. The number of benzene rings is 3. The molecular weight excluding hydrogens is 407 g/mol. The van der Waals surface area contributed by atoms with Gasteiger partial charge in [0, 0.05) is 40.9 Å². The van der Waals surface area contributed by atoms with Crippen LogP contribution < -0.4 is 5.32 Å². The Morgan fingerprint density at radius 3 is 2.48 bits per heavy atom. The monoisotopic (exact) mass is 424 g/mol. The summed E-state index contributed by atoms with van der Waals surface area (Å²) < 4.78 is 2.18. The molecule has 4 aromatic rings. The van der Waals surface area contributed by atoms with Gasteiger partial charge in [-0.05, 0) is 41.5 Å². The predicted molar refractivity (Wildman–Crippen MR) is 118 cm³/mol. The SMILES string of the molecule is O=C(O)c1cc(NCc2cn(Cc3ccccc3Cl)c3ccccc23)ccc1Cl. The number of anilines is 1. The van der Waals surface area contributed by atoms with E-state index >= 15 is 0 Å². The zero-order valence-electron chi connectivity index (χ0n) is 15.4. The molecule has 0 radical (unpaired) electrons. The number of nitrogens with zero attached hydrogens (tertiary/aromatic N) is 1. The fraction of sp³-hybridized carbons (Fsp3) is 0.0870. The highest BCUT2D eigenvalue weighted by Crippen LogP contribution is 2.26. The number of halogens is 2. The average Bonchev–Trinajstić information content (AvgIpc) is 3.06. The summed E-state index contributed by atoms with van der Waals surface area (Å²) in [5.41, 5.74) is 4.07. The van der Waals surface area contributed by atoms with Crippen molar-refractivity contribution in [2.45, 2.75) is 13.1 Å². The van der Waals surface area contributed by atoms with Crippen molar-refractivity contribution in [2.75, 3.05) is 5.32 Å². The maximum absolute atomic E-state index is 11.3. The molecule has 0 fully saturated rings. The van der Waals surface area contributed by atoms with E-state index in [9.17, 15) is 9.90 Å². The maximum Gasteiger partial charge on any atom is 0.337 e. The third-order valence-electron chi connectivity index (χ3n) is 4.85. The quantitative estimate of drug-likeness (QED) is 0.381. The van der Waals surface area contributed by atoms with E-state index in [1.165, 1.54) is 0 Å². The number of rotatable bonds is 6. The molecule has 0 aliphatic carbocycles. The number of carboxylic acids is 1. The Kier molecular flexibility index (Phi) is 5.47. The van der Waals surface area contributed by atoms with Crippen molar-refractivity contribution in [2.24, 2.45) is 0 Å². The van der Waals surface area contributed by atoms with Crippen LogP contribution >= 0.6 is 23.2 Å². The minimum atomic E-state index is -1.05. The number of carboxylic acid groups (broad SMARTS) is 1. The molecule has 6 heteroatoms. The highest BCUT2D eigenvalue weighted by molar-refractivity contribution is 6.33. The summed E-state index contributed by atoms with van der Waals surface area (Å²) in [5.74, 6) is -1.05. The van der Waals surface area contributed by atoms with Crippen molar-refractivity contribution in [1.29, 1.82) is 0 Å². The van der Waals surface area contributed by atoms with Gasteiger partial charge >= 0.3 is 5.97 Å². The number of fused-ring (bicyclic) bond motifs is 1. The van der Waals surface area contributed by atoms with Crippen LogP contribution in [0.1, 0.15) is 21.5 Å². The van der Waals surface area contributed by atoms with Gasteiger partial charge in [-0.25, -0.2) is 4.79 Å². The summed E-state index contributed by atoms with van der Waals surface area (Å²) in [4.78, 5) is 11.3. The highest BCUT2D eigenvalue weighted by Gasteiger charge is 2.12. The van der Waals surface area contributed by atoms with E-state index in [0.29, 0.717) is 18.8 Å². The molecule has 29 heavy (non-hydrogen) atoms. The van der Waals surface area contributed by atoms with Gasteiger partial charge in [-0.1, -0.05) is 59.6 Å². The second-order valence-corrected chi connectivity index (χ2v) is 7.56.